The van der Waals surface area contributed by atoms with Crippen molar-refractivity contribution in [3.63, 3.8) is 0 Å². The summed E-state index contributed by atoms with van der Waals surface area (Å²) < 4.78 is 14.8. The van der Waals surface area contributed by atoms with Gasteiger partial charge in [0.25, 0.3) is 0 Å². The van der Waals surface area contributed by atoms with E-state index in [-0.39, 0.29) is 5.02 Å². The second-order valence-corrected chi connectivity index (χ2v) is 4.17. The van der Waals surface area contributed by atoms with Gasteiger partial charge in [0.05, 0.1) is 22.5 Å². The number of benzene rings is 1. The van der Waals surface area contributed by atoms with E-state index in [1.807, 2.05) is 0 Å². The topological polar surface area (TPSA) is 34.9 Å². The Kier molecular flexibility index (Phi) is 3.07. The van der Waals surface area contributed by atoms with E-state index in [1.54, 1.807) is 0 Å². The molecule has 2 rings (SSSR count). The van der Waals surface area contributed by atoms with Crippen molar-refractivity contribution in [2.75, 3.05) is 0 Å². The number of nitrogens with zero attached hydrogens (tertiary/aromatic N) is 2. The first-order valence-electron chi connectivity index (χ1n) is 4.27. The first-order valence-corrected chi connectivity index (χ1v) is 5.44. The van der Waals surface area contributed by atoms with Crippen LogP contribution >= 0.6 is 27.5 Å². The molecule has 0 saturated carbocycles. The molecule has 82 valence electrons. The van der Waals surface area contributed by atoms with Crippen LogP contribution in [0.4, 0.5) is 4.39 Å². The highest BCUT2D eigenvalue weighted by molar-refractivity contribution is 9.10. The second kappa shape index (κ2) is 4.35. The monoisotopic (exact) mass is 302 g/mol. The molecule has 0 saturated heterocycles. The van der Waals surface area contributed by atoms with Crippen LogP contribution in [0, 0.1) is 5.82 Å². The summed E-state index contributed by atoms with van der Waals surface area (Å²) in [4.78, 5) is 10.6. The van der Waals surface area contributed by atoms with Gasteiger partial charge in [0.1, 0.15) is 10.4 Å². The number of aromatic nitrogens is 2. The SMILES string of the molecule is O=Cc1cnn(-c2ccc(F)cc2Cl)c1Br. The van der Waals surface area contributed by atoms with E-state index >= 15 is 0 Å². The van der Waals surface area contributed by atoms with Gasteiger partial charge in [0.15, 0.2) is 6.29 Å². The highest BCUT2D eigenvalue weighted by Crippen LogP contribution is 2.25. The van der Waals surface area contributed by atoms with Crippen LogP contribution in [-0.4, -0.2) is 16.1 Å². The Hall–Kier alpha value is -1.20. The normalized spacial score (nSPS) is 10.4. The maximum Gasteiger partial charge on any atom is 0.154 e. The van der Waals surface area contributed by atoms with Crippen LogP contribution in [0.2, 0.25) is 5.02 Å². The largest absolute Gasteiger partial charge is 0.298 e. The van der Waals surface area contributed by atoms with Crippen LogP contribution in [0.1, 0.15) is 10.4 Å². The van der Waals surface area contributed by atoms with Crippen LogP contribution < -0.4 is 0 Å². The van der Waals surface area contributed by atoms with Gasteiger partial charge in [-0.05, 0) is 34.1 Å². The molecular formula is C10H5BrClFN2O. The van der Waals surface area contributed by atoms with Gasteiger partial charge in [-0.3, -0.25) is 4.79 Å². The highest BCUT2D eigenvalue weighted by atomic mass is 79.9. The van der Waals surface area contributed by atoms with E-state index in [1.165, 1.54) is 29.1 Å². The molecule has 0 radical (unpaired) electrons. The van der Waals surface area contributed by atoms with E-state index < -0.39 is 5.82 Å². The zero-order valence-corrected chi connectivity index (χ0v) is 10.2. The fourth-order valence-electron chi connectivity index (χ4n) is 1.25. The van der Waals surface area contributed by atoms with Crippen molar-refractivity contribution in [2.24, 2.45) is 0 Å². The molecule has 0 amide bonds. The molecule has 3 nitrogen and oxygen atoms in total. The third kappa shape index (κ3) is 1.88. The average molecular weight is 304 g/mol. The first kappa shape index (κ1) is 11.3. The predicted octanol–water partition coefficient (Wildman–Crippen LogP) is 3.24. The maximum absolute atomic E-state index is 12.9. The molecular weight excluding hydrogens is 298 g/mol. The maximum atomic E-state index is 12.9. The van der Waals surface area contributed by atoms with Crippen molar-refractivity contribution in [3.05, 3.63) is 45.4 Å². The van der Waals surface area contributed by atoms with E-state index in [9.17, 15) is 9.18 Å². The summed E-state index contributed by atoms with van der Waals surface area (Å²) in [7, 11) is 0. The lowest BCUT2D eigenvalue weighted by Crippen LogP contribution is -1.98. The fraction of sp³-hybridized carbons (Fsp3) is 0. The highest BCUT2D eigenvalue weighted by Gasteiger charge is 2.11. The lowest BCUT2D eigenvalue weighted by atomic mass is 10.3. The van der Waals surface area contributed by atoms with Crippen LogP contribution in [0.5, 0.6) is 0 Å². The average Bonchev–Trinajstić information content (AvgIpc) is 2.60. The Bertz CT molecular complexity index is 556. The third-order valence-electron chi connectivity index (χ3n) is 2.00. The van der Waals surface area contributed by atoms with Crippen molar-refractivity contribution < 1.29 is 9.18 Å². The zero-order valence-electron chi connectivity index (χ0n) is 7.82. The molecule has 0 N–H and O–H groups in total. The molecule has 0 fully saturated rings. The van der Waals surface area contributed by atoms with Gasteiger partial charge in [-0.1, -0.05) is 11.6 Å². The summed E-state index contributed by atoms with van der Waals surface area (Å²) in [5.74, 6) is -0.423. The minimum Gasteiger partial charge on any atom is -0.298 e. The minimum atomic E-state index is -0.423. The van der Waals surface area contributed by atoms with Gasteiger partial charge >= 0.3 is 0 Å². The molecule has 0 aliphatic heterocycles. The molecule has 1 heterocycles. The number of rotatable bonds is 2. The second-order valence-electron chi connectivity index (χ2n) is 3.02. The molecule has 16 heavy (non-hydrogen) atoms. The molecule has 0 aliphatic carbocycles. The van der Waals surface area contributed by atoms with Crippen molar-refractivity contribution >= 4 is 33.8 Å². The Balaban J connectivity index is 2.58. The molecule has 0 bridgehead atoms. The summed E-state index contributed by atoms with van der Waals surface area (Å²) in [5.41, 5.74) is 0.906. The molecule has 1 aromatic carbocycles. The zero-order chi connectivity index (χ0) is 11.7. The lowest BCUT2D eigenvalue weighted by molar-refractivity contribution is 0.112. The van der Waals surface area contributed by atoms with E-state index in [0.29, 0.717) is 22.1 Å². The summed E-state index contributed by atoms with van der Waals surface area (Å²) >= 11 is 9.10. The lowest BCUT2D eigenvalue weighted by Gasteiger charge is -2.05. The molecule has 6 heteroatoms. The standard InChI is InChI=1S/C10H5BrClFN2O/c11-10-6(5-16)4-14-15(10)9-2-1-7(13)3-8(9)12/h1-5H. The van der Waals surface area contributed by atoms with E-state index in [4.69, 9.17) is 11.6 Å². The Morgan fingerprint density at radius 1 is 1.50 bits per heavy atom. The Labute approximate surface area is 104 Å². The summed E-state index contributed by atoms with van der Waals surface area (Å²) in [6.45, 7) is 0. The van der Waals surface area contributed by atoms with Gasteiger partial charge in [-0.25, -0.2) is 9.07 Å². The number of hydrogen-bond donors (Lipinski definition) is 0. The number of halogens is 3. The minimum absolute atomic E-state index is 0.223. The molecule has 2 aromatic rings. The van der Waals surface area contributed by atoms with Gasteiger partial charge < -0.3 is 0 Å². The number of aldehydes is 1. The van der Waals surface area contributed by atoms with Crippen molar-refractivity contribution in [1.82, 2.24) is 9.78 Å². The van der Waals surface area contributed by atoms with Gasteiger partial charge in [-0.15, -0.1) is 0 Å². The summed E-state index contributed by atoms with van der Waals surface area (Å²) in [5, 5.41) is 4.20. The van der Waals surface area contributed by atoms with Crippen LogP contribution in [0.3, 0.4) is 0 Å². The van der Waals surface area contributed by atoms with Crippen molar-refractivity contribution in [3.8, 4) is 5.69 Å². The molecule has 1 aromatic heterocycles. The molecule has 0 spiro atoms. The Morgan fingerprint density at radius 3 is 2.81 bits per heavy atom. The number of carbonyl (C=O) groups is 1. The summed E-state index contributed by atoms with van der Waals surface area (Å²) in [6.07, 6.45) is 2.07. The van der Waals surface area contributed by atoms with Crippen LogP contribution in [0.25, 0.3) is 5.69 Å². The summed E-state index contributed by atoms with van der Waals surface area (Å²) in [6, 6.07) is 3.95. The van der Waals surface area contributed by atoms with Gasteiger partial charge in [-0.2, -0.15) is 5.10 Å². The third-order valence-corrected chi connectivity index (χ3v) is 3.10. The van der Waals surface area contributed by atoms with Crippen LogP contribution in [-0.2, 0) is 0 Å². The molecule has 0 aliphatic rings. The number of hydrogen-bond acceptors (Lipinski definition) is 2. The van der Waals surface area contributed by atoms with Gasteiger partial charge in [0, 0.05) is 0 Å². The van der Waals surface area contributed by atoms with Crippen LogP contribution in [0.15, 0.2) is 29.0 Å². The Morgan fingerprint density at radius 2 is 2.25 bits per heavy atom. The quantitative estimate of drug-likeness (QED) is 0.798. The first-order chi connectivity index (χ1) is 7.63. The fourth-order valence-corrected chi connectivity index (χ4v) is 1.97. The van der Waals surface area contributed by atoms with Crippen molar-refractivity contribution in [2.45, 2.75) is 0 Å². The molecule has 0 atom stereocenters. The predicted molar refractivity (Wildman–Crippen MR) is 61.6 cm³/mol. The smallest absolute Gasteiger partial charge is 0.154 e. The molecule has 0 unspecified atom stereocenters. The van der Waals surface area contributed by atoms with E-state index in [2.05, 4.69) is 21.0 Å². The van der Waals surface area contributed by atoms with Gasteiger partial charge in [0.2, 0.25) is 0 Å². The van der Waals surface area contributed by atoms with Crippen molar-refractivity contribution in [1.29, 1.82) is 0 Å². The number of carbonyl (C=O) groups excluding carboxylic acids is 1. The van der Waals surface area contributed by atoms with E-state index in [0.717, 1.165) is 0 Å².